The summed E-state index contributed by atoms with van der Waals surface area (Å²) in [5.41, 5.74) is 1.19. The fourth-order valence-electron chi connectivity index (χ4n) is 5.51. The van der Waals surface area contributed by atoms with E-state index >= 15 is 0 Å². The van der Waals surface area contributed by atoms with Crippen LogP contribution < -0.4 is 10.9 Å². The van der Waals surface area contributed by atoms with Gasteiger partial charge in [0.2, 0.25) is 0 Å². The largest absolute Gasteiger partial charge is 0.338 e. The third kappa shape index (κ3) is 5.50. The van der Waals surface area contributed by atoms with Gasteiger partial charge in [-0.3, -0.25) is 14.5 Å². The maximum atomic E-state index is 13.4. The monoisotopic (exact) mass is 487 g/mol. The first kappa shape index (κ1) is 27.1. The minimum Gasteiger partial charge on any atom is -0.338 e. The van der Waals surface area contributed by atoms with Crippen molar-refractivity contribution in [2.24, 2.45) is 5.92 Å². The fraction of sp³-hybridized carbons (Fsp3) is 0.739. The number of carbonyl (C=O) groups is 1. The van der Waals surface area contributed by atoms with Crippen molar-refractivity contribution in [1.82, 2.24) is 24.6 Å². The lowest BCUT2D eigenvalue weighted by Gasteiger charge is -2.52. The first-order valence-electron chi connectivity index (χ1n) is 11.5. The summed E-state index contributed by atoms with van der Waals surface area (Å²) in [6.45, 7) is 9.24. The lowest BCUT2D eigenvalue weighted by Crippen LogP contribution is -2.64. The number of carbonyl (C=O) groups excluding carboxylic acids is 1. The van der Waals surface area contributed by atoms with Crippen LogP contribution in [0.1, 0.15) is 41.6 Å². The van der Waals surface area contributed by atoms with Crippen molar-refractivity contribution in [2.45, 2.75) is 44.7 Å². The van der Waals surface area contributed by atoms with Crippen LogP contribution in [0.4, 0.5) is 0 Å². The van der Waals surface area contributed by atoms with E-state index in [1.165, 1.54) is 0 Å². The summed E-state index contributed by atoms with van der Waals surface area (Å²) in [5, 5.41) is 3.41. The first-order chi connectivity index (χ1) is 14.4. The normalized spacial score (nSPS) is 24.0. The average Bonchev–Trinajstić information content (AvgIpc) is 2.74. The Morgan fingerprint density at radius 2 is 1.88 bits per heavy atom. The Morgan fingerprint density at radius 3 is 2.53 bits per heavy atom. The van der Waals surface area contributed by atoms with Crippen LogP contribution in [-0.4, -0.2) is 90.6 Å². The Kier molecular flexibility index (Phi) is 9.61. The topological polar surface area (TPSA) is 60.8 Å². The molecule has 1 atom stereocenters. The number of likely N-dealkylation sites (tertiary alicyclic amines) is 1. The van der Waals surface area contributed by atoms with Gasteiger partial charge in [-0.1, -0.05) is 0 Å². The molecule has 182 valence electrons. The van der Waals surface area contributed by atoms with Crippen molar-refractivity contribution in [2.75, 3.05) is 59.9 Å². The van der Waals surface area contributed by atoms with Gasteiger partial charge in [-0.25, -0.2) is 0 Å². The van der Waals surface area contributed by atoms with Crippen LogP contribution in [0.3, 0.4) is 0 Å². The Labute approximate surface area is 204 Å². The standard InChI is InChI=1S/C23H37N5O2.2ClH/c1-18-6-10-28(16-19-5-4-9-24-15-19)22(30)20(18)21(29)27-11-7-23(8-12-27)17-25(2)13-14-26(23)3;;/h6,10,19,24H,4-5,7-9,11-17H2,1-3H3;2*1H. The minimum atomic E-state index is -0.125. The number of nitrogens with zero attached hydrogens (tertiary/aromatic N) is 4. The number of halogens is 2. The molecule has 3 saturated heterocycles. The molecular formula is C23H39Cl2N5O2. The van der Waals surface area contributed by atoms with Crippen LogP contribution in [0.5, 0.6) is 0 Å². The molecule has 1 amide bonds. The number of aryl methyl sites for hydroxylation is 1. The predicted octanol–water partition coefficient (Wildman–Crippen LogP) is 1.85. The molecule has 1 spiro atoms. The third-order valence-electron chi connectivity index (χ3n) is 7.61. The molecule has 1 unspecified atom stereocenters. The maximum Gasteiger partial charge on any atom is 0.263 e. The van der Waals surface area contributed by atoms with Gasteiger partial charge in [0.25, 0.3) is 11.5 Å². The molecule has 9 heteroatoms. The number of rotatable bonds is 3. The SMILES string of the molecule is Cc1ccn(CC2CCCNC2)c(=O)c1C(=O)N1CCC2(CC1)CN(C)CCN2C.Cl.Cl. The fourth-order valence-corrected chi connectivity index (χ4v) is 5.51. The molecule has 0 saturated carbocycles. The van der Waals surface area contributed by atoms with Gasteiger partial charge in [0.05, 0.1) is 0 Å². The molecule has 0 aliphatic carbocycles. The van der Waals surface area contributed by atoms with E-state index in [1.54, 1.807) is 4.57 Å². The van der Waals surface area contributed by atoms with Crippen molar-refractivity contribution in [1.29, 1.82) is 0 Å². The van der Waals surface area contributed by atoms with Crippen LogP contribution in [-0.2, 0) is 6.54 Å². The number of pyridine rings is 1. The Morgan fingerprint density at radius 1 is 1.16 bits per heavy atom. The molecule has 0 bridgehead atoms. The number of piperazine rings is 1. The number of aromatic nitrogens is 1. The highest BCUT2D eigenvalue weighted by atomic mass is 35.5. The summed E-state index contributed by atoms with van der Waals surface area (Å²) in [4.78, 5) is 33.4. The highest BCUT2D eigenvalue weighted by molar-refractivity contribution is 5.95. The summed E-state index contributed by atoms with van der Waals surface area (Å²) >= 11 is 0. The molecule has 3 aliphatic rings. The molecule has 1 aromatic rings. The van der Waals surface area contributed by atoms with Gasteiger partial charge in [-0.2, -0.15) is 0 Å². The van der Waals surface area contributed by atoms with Gasteiger partial charge in [-0.05, 0) is 77.3 Å². The number of nitrogens with one attached hydrogen (secondary N) is 1. The summed E-state index contributed by atoms with van der Waals surface area (Å²) in [7, 11) is 4.40. The lowest BCUT2D eigenvalue weighted by atomic mass is 9.83. The number of piperidine rings is 2. The van der Waals surface area contributed by atoms with Crippen LogP contribution >= 0.6 is 24.8 Å². The van der Waals surface area contributed by atoms with Crippen molar-refractivity contribution < 1.29 is 4.79 Å². The van der Waals surface area contributed by atoms with Crippen LogP contribution in [0.2, 0.25) is 0 Å². The van der Waals surface area contributed by atoms with Gasteiger partial charge in [0.1, 0.15) is 5.56 Å². The molecule has 1 N–H and O–H groups in total. The smallest absolute Gasteiger partial charge is 0.263 e. The molecular weight excluding hydrogens is 449 g/mol. The highest BCUT2D eigenvalue weighted by Crippen LogP contribution is 2.31. The molecule has 3 fully saturated rings. The van der Waals surface area contributed by atoms with Crippen molar-refractivity contribution in [3.63, 3.8) is 0 Å². The van der Waals surface area contributed by atoms with Gasteiger partial charge in [0.15, 0.2) is 0 Å². The van der Waals surface area contributed by atoms with E-state index in [4.69, 9.17) is 0 Å². The number of likely N-dealkylation sites (N-methyl/N-ethyl adjacent to an activating group) is 2. The second kappa shape index (κ2) is 11.3. The predicted molar refractivity (Wildman–Crippen MR) is 134 cm³/mol. The molecule has 0 radical (unpaired) electrons. The van der Waals surface area contributed by atoms with E-state index in [9.17, 15) is 9.59 Å². The number of hydrogen-bond donors (Lipinski definition) is 1. The average molecular weight is 489 g/mol. The second-order valence-corrected chi connectivity index (χ2v) is 9.72. The van der Waals surface area contributed by atoms with E-state index < -0.39 is 0 Å². The Bertz CT molecular complexity index is 832. The van der Waals surface area contributed by atoms with E-state index in [-0.39, 0.29) is 41.8 Å². The zero-order valence-electron chi connectivity index (χ0n) is 19.6. The molecule has 0 aromatic carbocycles. The molecule has 1 aromatic heterocycles. The van der Waals surface area contributed by atoms with Gasteiger partial charge < -0.3 is 19.7 Å². The van der Waals surface area contributed by atoms with Gasteiger partial charge in [-0.15, -0.1) is 24.8 Å². The Hall–Kier alpha value is -1.12. The van der Waals surface area contributed by atoms with Crippen LogP contribution in [0.25, 0.3) is 0 Å². The summed E-state index contributed by atoms with van der Waals surface area (Å²) < 4.78 is 1.76. The minimum absolute atomic E-state index is 0. The third-order valence-corrected chi connectivity index (χ3v) is 7.61. The van der Waals surface area contributed by atoms with E-state index in [2.05, 4.69) is 29.2 Å². The second-order valence-electron chi connectivity index (χ2n) is 9.72. The van der Waals surface area contributed by atoms with E-state index in [1.807, 2.05) is 24.1 Å². The highest BCUT2D eigenvalue weighted by Gasteiger charge is 2.42. The first-order valence-corrected chi connectivity index (χ1v) is 11.5. The Balaban J connectivity index is 0.00000181. The van der Waals surface area contributed by atoms with Crippen molar-refractivity contribution in [3.05, 3.63) is 33.7 Å². The van der Waals surface area contributed by atoms with Gasteiger partial charge >= 0.3 is 0 Å². The quantitative estimate of drug-likeness (QED) is 0.704. The molecule has 4 rings (SSSR count). The van der Waals surface area contributed by atoms with Gasteiger partial charge in [0, 0.05) is 51.0 Å². The van der Waals surface area contributed by atoms with Crippen LogP contribution in [0.15, 0.2) is 17.1 Å². The molecule has 32 heavy (non-hydrogen) atoms. The molecule has 3 aliphatic heterocycles. The van der Waals surface area contributed by atoms with Crippen molar-refractivity contribution >= 4 is 30.7 Å². The summed E-state index contributed by atoms with van der Waals surface area (Å²) in [6, 6.07) is 1.93. The van der Waals surface area contributed by atoms with E-state index in [0.717, 1.165) is 77.1 Å². The zero-order valence-corrected chi connectivity index (χ0v) is 21.3. The van der Waals surface area contributed by atoms with Crippen molar-refractivity contribution in [3.8, 4) is 0 Å². The summed E-state index contributed by atoms with van der Waals surface area (Å²) in [5.74, 6) is 0.367. The zero-order chi connectivity index (χ0) is 21.3. The molecule has 4 heterocycles. The lowest BCUT2D eigenvalue weighted by molar-refractivity contribution is -0.0158. The number of hydrogen-bond acceptors (Lipinski definition) is 5. The van der Waals surface area contributed by atoms with E-state index in [0.29, 0.717) is 18.0 Å². The maximum absolute atomic E-state index is 13.4. The number of amides is 1. The molecule has 7 nitrogen and oxygen atoms in total. The summed E-state index contributed by atoms with van der Waals surface area (Å²) in [6.07, 6.45) is 6.07. The van der Waals surface area contributed by atoms with Crippen LogP contribution in [0, 0.1) is 12.8 Å².